The Balaban J connectivity index is 2.06. The van der Waals surface area contributed by atoms with E-state index in [1.165, 1.54) is 7.11 Å². The summed E-state index contributed by atoms with van der Waals surface area (Å²) in [5, 5.41) is 0. The van der Waals surface area contributed by atoms with Gasteiger partial charge in [0.15, 0.2) is 0 Å². The van der Waals surface area contributed by atoms with Crippen molar-refractivity contribution in [2.45, 2.75) is 25.4 Å². The SMILES string of the molecule is COC(=O)OC1CCCC=C1/C=C/c1ccccc1. The van der Waals surface area contributed by atoms with E-state index in [2.05, 4.69) is 10.8 Å². The zero-order valence-electron chi connectivity index (χ0n) is 11.0. The van der Waals surface area contributed by atoms with Crippen molar-refractivity contribution in [2.24, 2.45) is 0 Å². The Kier molecular flexibility index (Phi) is 4.78. The molecule has 0 bridgehead atoms. The maximum Gasteiger partial charge on any atom is 0.508 e. The Hall–Kier alpha value is -2.03. The van der Waals surface area contributed by atoms with E-state index in [-0.39, 0.29) is 6.10 Å². The lowest BCUT2D eigenvalue weighted by molar-refractivity contribution is 0.0453. The Morgan fingerprint density at radius 2 is 2.05 bits per heavy atom. The zero-order chi connectivity index (χ0) is 13.5. The first kappa shape index (κ1) is 13.4. The number of allylic oxidation sites excluding steroid dienone is 1. The molecule has 0 aromatic heterocycles. The van der Waals surface area contributed by atoms with Crippen LogP contribution in [0.2, 0.25) is 0 Å². The molecule has 0 fully saturated rings. The van der Waals surface area contributed by atoms with Crippen molar-refractivity contribution in [3.05, 3.63) is 53.6 Å². The molecule has 0 saturated carbocycles. The number of benzene rings is 1. The highest BCUT2D eigenvalue weighted by Crippen LogP contribution is 2.23. The predicted octanol–water partition coefficient (Wildman–Crippen LogP) is 3.96. The number of hydrogen-bond donors (Lipinski definition) is 0. The van der Waals surface area contributed by atoms with Gasteiger partial charge in [-0.15, -0.1) is 0 Å². The van der Waals surface area contributed by atoms with Gasteiger partial charge in [0.25, 0.3) is 0 Å². The molecule has 1 unspecified atom stereocenters. The highest BCUT2D eigenvalue weighted by Gasteiger charge is 2.20. The van der Waals surface area contributed by atoms with Crippen LogP contribution in [0.5, 0.6) is 0 Å². The van der Waals surface area contributed by atoms with E-state index in [1.807, 2.05) is 42.5 Å². The molecule has 2 rings (SSSR count). The second-order valence-corrected chi connectivity index (χ2v) is 4.44. The molecule has 0 radical (unpaired) electrons. The molecule has 19 heavy (non-hydrogen) atoms. The van der Waals surface area contributed by atoms with E-state index in [1.54, 1.807) is 0 Å². The molecule has 1 aliphatic carbocycles. The van der Waals surface area contributed by atoms with Crippen LogP contribution in [0, 0.1) is 0 Å². The molecule has 0 aliphatic heterocycles. The summed E-state index contributed by atoms with van der Waals surface area (Å²) in [6, 6.07) is 10.1. The van der Waals surface area contributed by atoms with Gasteiger partial charge in [-0.3, -0.25) is 0 Å². The van der Waals surface area contributed by atoms with Gasteiger partial charge < -0.3 is 9.47 Å². The third-order valence-corrected chi connectivity index (χ3v) is 3.10. The molecule has 100 valence electrons. The standard InChI is InChI=1S/C16H18O3/c1-18-16(17)19-15-10-6-5-9-14(15)12-11-13-7-3-2-4-8-13/h2-4,7-9,11-12,15H,5-6,10H2,1H3/b12-11+. The van der Waals surface area contributed by atoms with Crippen LogP contribution in [0.25, 0.3) is 6.08 Å². The Morgan fingerprint density at radius 3 is 2.79 bits per heavy atom. The third-order valence-electron chi connectivity index (χ3n) is 3.10. The van der Waals surface area contributed by atoms with Crippen LogP contribution >= 0.6 is 0 Å². The van der Waals surface area contributed by atoms with Gasteiger partial charge in [-0.2, -0.15) is 0 Å². The van der Waals surface area contributed by atoms with Crippen LogP contribution in [-0.4, -0.2) is 19.4 Å². The van der Waals surface area contributed by atoms with Crippen LogP contribution in [0.3, 0.4) is 0 Å². The minimum Gasteiger partial charge on any atom is -0.438 e. The normalized spacial score (nSPS) is 19.0. The van der Waals surface area contributed by atoms with Gasteiger partial charge in [-0.05, 0) is 30.4 Å². The molecule has 0 amide bonds. The van der Waals surface area contributed by atoms with Gasteiger partial charge in [0.2, 0.25) is 0 Å². The lowest BCUT2D eigenvalue weighted by Crippen LogP contribution is -2.21. The fourth-order valence-corrected chi connectivity index (χ4v) is 2.09. The molecule has 1 aliphatic rings. The van der Waals surface area contributed by atoms with Crippen LogP contribution in [0.4, 0.5) is 4.79 Å². The number of methoxy groups -OCH3 is 1. The molecular weight excluding hydrogens is 240 g/mol. The minimum absolute atomic E-state index is 0.193. The Bertz CT molecular complexity index is 474. The maximum absolute atomic E-state index is 11.2. The van der Waals surface area contributed by atoms with Crippen molar-refractivity contribution in [2.75, 3.05) is 7.11 Å². The van der Waals surface area contributed by atoms with Crippen molar-refractivity contribution in [1.29, 1.82) is 0 Å². The minimum atomic E-state index is -0.620. The number of carbonyl (C=O) groups excluding carboxylic acids is 1. The summed E-state index contributed by atoms with van der Waals surface area (Å²) in [6.07, 6.45) is 8.26. The molecule has 3 nitrogen and oxygen atoms in total. The second-order valence-electron chi connectivity index (χ2n) is 4.44. The number of carbonyl (C=O) groups is 1. The summed E-state index contributed by atoms with van der Waals surface area (Å²) in [5.41, 5.74) is 2.17. The Labute approximate surface area is 113 Å². The molecular formula is C16H18O3. The first-order valence-corrected chi connectivity index (χ1v) is 6.47. The highest BCUT2D eigenvalue weighted by molar-refractivity contribution is 5.61. The summed E-state index contributed by atoms with van der Waals surface area (Å²) in [4.78, 5) is 11.2. The maximum atomic E-state index is 11.2. The smallest absolute Gasteiger partial charge is 0.438 e. The van der Waals surface area contributed by atoms with Crippen molar-refractivity contribution in [3.8, 4) is 0 Å². The molecule has 1 aromatic carbocycles. The molecule has 0 saturated heterocycles. The molecule has 0 spiro atoms. The van der Waals surface area contributed by atoms with Gasteiger partial charge in [-0.25, -0.2) is 4.79 Å². The fourth-order valence-electron chi connectivity index (χ4n) is 2.09. The summed E-state index contributed by atoms with van der Waals surface area (Å²) in [5.74, 6) is 0. The van der Waals surface area contributed by atoms with E-state index in [0.717, 1.165) is 30.4 Å². The summed E-state index contributed by atoms with van der Waals surface area (Å²) in [7, 11) is 1.33. The summed E-state index contributed by atoms with van der Waals surface area (Å²) in [6.45, 7) is 0. The average Bonchev–Trinajstić information content (AvgIpc) is 2.47. The highest BCUT2D eigenvalue weighted by atomic mass is 16.7. The number of ether oxygens (including phenoxy) is 2. The van der Waals surface area contributed by atoms with Crippen molar-refractivity contribution < 1.29 is 14.3 Å². The van der Waals surface area contributed by atoms with Crippen LogP contribution in [-0.2, 0) is 9.47 Å². The average molecular weight is 258 g/mol. The van der Waals surface area contributed by atoms with Gasteiger partial charge >= 0.3 is 6.16 Å². The first-order chi connectivity index (χ1) is 9.29. The van der Waals surface area contributed by atoms with Crippen LogP contribution < -0.4 is 0 Å². The number of rotatable bonds is 3. The summed E-state index contributed by atoms with van der Waals surface area (Å²) >= 11 is 0. The summed E-state index contributed by atoms with van der Waals surface area (Å²) < 4.78 is 9.81. The van der Waals surface area contributed by atoms with E-state index in [9.17, 15) is 4.79 Å². The topological polar surface area (TPSA) is 35.5 Å². The van der Waals surface area contributed by atoms with E-state index in [0.29, 0.717) is 0 Å². The van der Waals surface area contributed by atoms with E-state index < -0.39 is 6.16 Å². The molecule has 0 heterocycles. The molecule has 1 aromatic rings. The van der Waals surface area contributed by atoms with Crippen molar-refractivity contribution in [1.82, 2.24) is 0 Å². The van der Waals surface area contributed by atoms with Gasteiger partial charge in [0.1, 0.15) is 6.10 Å². The van der Waals surface area contributed by atoms with Crippen LogP contribution in [0.15, 0.2) is 48.1 Å². The van der Waals surface area contributed by atoms with Crippen molar-refractivity contribution in [3.63, 3.8) is 0 Å². The number of hydrogen-bond acceptors (Lipinski definition) is 3. The Morgan fingerprint density at radius 1 is 1.26 bits per heavy atom. The van der Waals surface area contributed by atoms with Gasteiger partial charge in [0, 0.05) is 0 Å². The van der Waals surface area contributed by atoms with E-state index in [4.69, 9.17) is 4.74 Å². The predicted molar refractivity (Wildman–Crippen MR) is 74.7 cm³/mol. The molecule has 3 heteroatoms. The van der Waals surface area contributed by atoms with E-state index >= 15 is 0 Å². The lowest BCUT2D eigenvalue weighted by Gasteiger charge is -2.21. The van der Waals surface area contributed by atoms with Crippen LogP contribution in [0.1, 0.15) is 24.8 Å². The first-order valence-electron chi connectivity index (χ1n) is 6.47. The zero-order valence-corrected chi connectivity index (χ0v) is 11.0. The largest absolute Gasteiger partial charge is 0.508 e. The monoisotopic (exact) mass is 258 g/mol. The quantitative estimate of drug-likeness (QED) is 0.770. The lowest BCUT2D eigenvalue weighted by atomic mass is 9.95. The fraction of sp³-hybridized carbons (Fsp3) is 0.312. The molecule has 1 atom stereocenters. The second kappa shape index (κ2) is 6.78. The molecule has 0 N–H and O–H groups in total. The third kappa shape index (κ3) is 3.98. The van der Waals surface area contributed by atoms with Gasteiger partial charge in [0.05, 0.1) is 7.11 Å². The van der Waals surface area contributed by atoms with Crippen molar-refractivity contribution >= 4 is 12.2 Å². The van der Waals surface area contributed by atoms with Gasteiger partial charge in [-0.1, -0.05) is 48.6 Å².